The van der Waals surface area contributed by atoms with E-state index in [1.807, 2.05) is 98.8 Å². The molecule has 0 aliphatic heterocycles. The third kappa shape index (κ3) is 10.0. The third-order valence-electron chi connectivity index (χ3n) is 6.93. The van der Waals surface area contributed by atoms with Crippen molar-refractivity contribution in [2.45, 2.75) is 78.7 Å². The Balaban J connectivity index is 1.48. The van der Waals surface area contributed by atoms with E-state index in [9.17, 15) is 14.4 Å². The van der Waals surface area contributed by atoms with Gasteiger partial charge in [0.25, 0.3) is 5.91 Å². The zero-order chi connectivity index (χ0) is 33.3. The number of ether oxygens (including phenoxy) is 2. The summed E-state index contributed by atoms with van der Waals surface area (Å²) < 4.78 is 11.6. The first kappa shape index (κ1) is 33.9. The van der Waals surface area contributed by atoms with Crippen molar-refractivity contribution in [3.63, 3.8) is 0 Å². The van der Waals surface area contributed by atoms with Gasteiger partial charge in [-0.05, 0) is 75.4 Å². The molecule has 1 heterocycles. The van der Waals surface area contributed by atoms with Gasteiger partial charge >= 0.3 is 5.97 Å². The Labute approximate surface area is 270 Å². The van der Waals surface area contributed by atoms with E-state index in [1.165, 1.54) is 4.80 Å². The number of carbonyl (C=O) groups is 3. The average molecular weight is 626 g/mol. The SMILES string of the molecule is Cc1nn(-c2ccccc2)nc1C(=O)N[C@@H](CC(C)C)C(=O)N[C@@H](Cc1ccc(OCc2ccccc2)cc1)C(=O)OC(C)(C)C. The van der Waals surface area contributed by atoms with Crippen molar-refractivity contribution in [2.24, 2.45) is 5.92 Å². The molecular weight excluding hydrogens is 582 g/mol. The molecule has 2 atom stereocenters. The maximum absolute atomic E-state index is 13.7. The second kappa shape index (κ2) is 15.3. The molecule has 242 valence electrons. The fourth-order valence-corrected chi connectivity index (χ4v) is 4.73. The number of nitrogens with one attached hydrogen (secondary N) is 2. The molecule has 0 unspecified atom stereocenters. The van der Waals surface area contributed by atoms with Gasteiger partial charge in [0, 0.05) is 6.42 Å². The number of amides is 2. The molecule has 4 aromatic rings. The number of hydrogen-bond acceptors (Lipinski definition) is 7. The molecule has 0 saturated carbocycles. The van der Waals surface area contributed by atoms with Crippen LogP contribution in [0.3, 0.4) is 0 Å². The van der Waals surface area contributed by atoms with Crippen LogP contribution < -0.4 is 15.4 Å². The number of hydrogen-bond donors (Lipinski definition) is 2. The Kier molecular flexibility index (Phi) is 11.3. The van der Waals surface area contributed by atoms with E-state index in [2.05, 4.69) is 20.8 Å². The summed E-state index contributed by atoms with van der Waals surface area (Å²) in [6, 6.07) is 24.6. The van der Waals surface area contributed by atoms with Gasteiger partial charge in [0.2, 0.25) is 5.91 Å². The van der Waals surface area contributed by atoms with E-state index in [-0.39, 0.29) is 18.0 Å². The third-order valence-corrected chi connectivity index (χ3v) is 6.93. The van der Waals surface area contributed by atoms with Gasteiger partial charge in [-0.2, -0.15) is 9.90 Å². The van der Waals surface area contributed by atoms with Crippen molar-refractivity contribution in [2.75, 3.05) is 0 Å². The summed E-state index contributed by atoms with van der Waals surface area (Å²) in [5.41, 5.74) is 2.34. The number of benzene rings is 3. The lowest BCUT2D eigenvalue weighted by Gasteiger charge is -2.27. The molecule has 0 bridgehead atoms. The second-order valence-corrected chi connectivity index (χ2v) is 12.6. The van der Waals surface area contributed by atoms with Crippen LogP contribution in [0.25, 0.3) is 5.69 Å². The van der Waals surface area contributed by atoms with Crippen LogP contribution in [0.5, 0.6) is 5.75 Å². The van der Waals surface area contributed by atoms with Crippen LogP contribution in [0.1, 0.15) is 68.3 Å². The molecule has 0 fully saturated rings. The lowest BCUT2D eigenvalue weighted by molar-refractivity contribution is -0.158. The minimum Gasteiger partial charge on any atom is -0.489 e. The predicted molar refractivity (Wildman–Crippen MR) is 176 cm³/mol. The number of rotatable bonds is 13. The highest BCUT2D eigenvalue weighted by atomic mass is 16.6. The molecule has 1 aromatic heterocycles. The Morgan fingerprint density at radius 1 is 0.804 bits per heavy atom. The molecule has 10 nitrogen and oxygen atoms in total. The van der Waals surface area contributed by atoms with Gasteiger partial charge in [-0.15, -0.1) is 5.10 Å². The lowest BCUT2D eigenvalue weighted by Crippen LogP contribution is -2.53. The van der Waals surface area contributed by atoms with E-state index < -0.39 is 35.5 Å². The first-order chi connectivity index (χ1) is 21.9. The monoisotopic (exact) mass is 625 g/mol. The van der Waals surface area contributed by atoms with Crippen LogP contribution in [-0.2, 0) is 27.4 Å². The minimum absolute atomic E-state index is 0.0700. The van der Waals surface area contributed by atoms with Gasteiger partial charge in [-0.3, -0.25) is 9.59 Å². The second-order valence-electron chi connectivity index (χ2n) is 12.6. The van der Waals surface area contributed by atoms with Gasteiger partial charge < -0.3 is 20.1 Å². The van der Waals surface area contributed by atoms with Gasteiger partial charge in [0.15, 0.2) is 5.69 Å². The number of para-hydroxylation sites is 1. The molecule has 0 spiro atoms. The van der Waals surface area contributed by atoms with Crippen LogP contribution in [0.2, 0.25) is 0 Å². The molecule has 0 saturated heterocycles. The van der Waals surface area contributed by atoms with Gasteiger partial charge in [0.1, 0.15) is 30.0 Å². The molecule has 2 N–H and O–H groups in total. The smallest absolute Gasteiger partial charge is 0.329 e. The number of nitrogens with zero attached hydrogens (tertiary/aromatic N) is 3. The highest BCUT2D eigenvalue weighted by Gasteiger charge is 2.31. The van der Waals surface area contributed by atoms with Gasteiger partial charge in [-0.1, -0.05) is 74.5 Å². The standard InChI is InChI=1S/C36H43N5O5/c1-24(2)21-30(37-34(43)32-25(3)39-41(40-32)28-15-11-8-12-16-28)33(42)38-31(35(44)46-36(4,5)6)22-26-17-19-29(20-18-26)45-23-27-13-9-7-10-14-27/h7-20,24,30-31H,21-23H2,1-6H3,(H,37,43)(H,38,42)/t30-,31-/m0/s1. The molecule has 2 amide bonds. The van der Waals surface area contributed by atoms with Gasteiger partial charge in [-0.25, -0.2) is 4.79 Å². The molecule has 0 aliphatic rings. The molecule has 3 aromatic carbocycles. The quantitative estimate of drug-likeness (QED) is 0.192. The van der Waals surface area contributed by atoms with E-state index in [0.717, 1.165) is 11.1 Å². The molecule has 0 aliphatic carbocycles. The van der Waals surface area contributed by atoms with Crippen LogP contribution >= 0.6 is 0 Å². The van der Waals surface area contributed by atoms with E-state index >= 15 is 0 Å². The fourth-order valence-electron chi connectivity index (χ4n) is 4.73. The normalized spacial score (nSPS) is 12.7. The van der Waals surface area contributed by atoms with Crippen molar-refractivity contribution < 1.29 is 23.9 Å². The van der Waals surface area contributed by atoms with Crippen LogP contribution in [0.4, 0.5) is 0 Å². The summed E-state index contributed by atoms with van der Waals surface area (Å²) in [7, 11) is 0. The topological polar surface area (TPSA) is 124 Å². The molecule has 10 heteroatoms. The molecular formula is C36H43N5O5. The molecule has 46 heavy (non-hydrogen) atoms. The van der Waals surface area contributed by atoms with Crippen molar-refractivity contribution in [3.05, 3.63) is 107 Å². The average Bonchev–Trinajstić information content (AvgIpc) is 3.41. The Morgan fingerprint density at radius 2 is 1.43 bits per heavy atom. The first-order valence-corrected chi connectivity index (χ1v) is 15.5. The number of esters is 1. The van der Waals surface area contributed by atoms with E-state index in [4.69, 9.17) is 9.47 Å². The summed E-state index contributed by atoms with van der Waals surface area (Å²) in [4.78, 5) is 41.8. The maximum atomic E-state index is 13.7. The summed E-state index contributed by atoms with van der Waals surface area (Å²) in [5, 5.41) is 14.4. The molecule has 4 rings (SSSR count). The number of carbonyl (C=O) groups excluding carboxylic acids is 3. The maximum Gasteiger partial charge on any atom is 0.329 e. The summed E-state index contributed by atoms with van der Waals surface area (Å²) >= 11 is 0. The van der Waals surface area contributed by atoms with Gasteiger partial charge in [0.05, 0.1) is 11.4 Å². The summed E-state index contributed by atoms with van der Waals surface area (Å²) in [5.74, 6) is -0.832. The van der Waals surface area contributed by atoms with Crippen molar-refractivity contribution >= 4 is 17.8 Å². The predicted octanol–water partition coefficient (Wildman–Crippen LogP) is 5.37. The Hall–Kier alpha value is -4.99. The van der Waals surface area contributed by atoms with Crippen molar-refractivity contribution in [1.29, 1.82) is 0 Å². The first-order valence-electron chi connectivity index (χ1n) is 15.5. The minimum atomic E-state index is -0.991. The van der Waals surface area contributed by atoms with Crippen LogP contribution in [0.15, 0.2) is 84.9 Å². The zero-order valence-electron chi connectivity index (χ0n) is 27.3. The highest BCUT2D eigenvalue weighted by Crippen LogP contribution is 2.18. The molecule has 0 radical (unpaired) electrons. The summed E-state index contributed by atoms with van der Waals surface area (Å²) in [6.07, 6.45) is 0.532. The Morgan fingerprint density at radius 3 is 2.04 bits per heavy atom. The van der Waals surface area contributed by atoms with Crippen molar-refractivity contribution in [3.8, 4) is 11.4 Å². The number of aromatic nitrogens is 3. The Bertz CT molecular complexity index is 1600. The largest absolute Gasteiger partial charge is 0.489 e. The van der Waals surface area contributed by atoms with Crippen LogP contribution in [0, 0.1) is 12.8 Å². The van der Waals surface area contributed by atoms with E-state index in [0.29, 0.717) is 30.2 Å². The number of aryl methyl sites for hydroxylation is 1. The van der Waals surface area contributed by atoms with Crippen molar-refractivity contribution in [1.82, 2.24) is 25.6 Å². The highest BCUT2D eigenvalue weighted by molar-refractivity contribution is 5.97. The lowest BCUT2D eigenvalue weighted by atomic mass is 10.0. The summed E-state index contributed by atoms with van der Waals surface area (Å²) in [6.45, 7) is 11.4. The van der Waals surface area contributed by atoms with E-state index in [1.54, 1.807) is 27.7 Å². The van der Waals surface area contributed by atoms with Crippen LogP contribution in [-0.4, -0.2) is 50.5 Å². The fraction of sp³-hybridized carbons (Fsp3) is 0.361. The zero-order valence-corrected chi connectivity index (χ0v) is 27.3.